The van der Waals surface area contributed by atoms with Crippen molar-refractivity contribution < 1.29 is 9.59 Å². The highest BCUT2D eigenvalue weighted by Gasteiger charge is 2.27. The molecule has 2 rings (SSSR count). The van der Waals surface area contributed by atoms with Crippen LogP contribution in [0.15, 0.2) is 42.5 Å². The molecule has 2 aromatic rings. The van der Waals surface area contributed by atoms with Crippen LogP contribution >= 0.6 is 35.0 Å². The van der Waals surface area contributed by atoms with E-state index >= 15 is 0 Å². The number of benzene rings is 2. The molecule has 0 aromatic heterocycles. The monoisotopic (exact) mass is 452 g/mol. The van der Waals surface area contributed by atoms with Gasteiger partial charge in [0.15, 0.2) is 0 Å². The minimum Gasteiger partial charge on any atom is -0.355 e. The Hall–Kier alpha value is -1.69. The average Bonchev–Trinajstić information content (AvgIpc) is 2.69. The van der Waals surface area contributed by atoms with Crippen molar-refractivity contribution in [3.63, 3.8) is 0 Å². The lowest BCUT2D eigenvalue weighted by Crippen LogP contribution is -2.48. The van der Waals surface area contributed by atoms with Crippen LogP contribution in [0.1, 0.15) is 30.5 Å². The molecular weight excluding hydrogens is 427 g/mol. The molecule has 1 unspecified atom stereocenters. The Morgan fingerprint density at radius 3 is 2.38 bits per heavy atom. The summed E-state index contributed by atoms with van der Waals surface area (Å²) in [4.78, 5) is 27.0. The van der Waals surface area contributed by atoms with Crippen molar-refractivity contribution in [3.8, 4) is 0 Å². The number of halogens is 2. The SMILES string of the molecule is CCNC(=O)C(C)N(Cc1c(Cl)cccc1Cl)C(=O)CSCc1ccccc1C. The van der Waals surface area contributed by atoms with E-state index in [1.165, 1.54) is 22.9 Å². The third-order valence-electron chi connectivity index (χ3n) is 4.65. The Kier molecular flexibility index (Phi) is 9.34. The van der Waals surface area contributed by atoms with Crippen molar-refractivity contribution >= 4 is 46.8 Å². The fraction of sp³-hybridized carbons (Fsp3) is 0.364. The molecule has 0 radical (unpaired) electrons. The van der Waals surface area contributed by atoms with Gasteiger partial charge in [0, 0.05) is 34.5 Å². The van der Waals surface area contributed by atoms with Crippen molar-refractivity contribution in [2.75, 3.05) is 12.3 Å². The summed E-state index contributed by atoms with van der Waals surface area (Å²) in [6.07, 6.45) is 0. The van der Waals surface area contributed by atoms with Gasteiger partial charge in [0.25, 0.3) is 0 Å². The van der Waals surface area contributed by atoms with E-state index < -0.39 is 6.04 Å². The van der Waals surface area contributed by atoms with Crippen LogP contribution in [-0.4, -0.2) is 35.1 Å². The number of thioether (sulfide) groups is 1. The largest absolute Gasteiger partial charge is 0.355 e. The number of likely N-dealkylation sites (N-methyl/N-ethyl adjacent to an activating group) is 1. The molecule has 7 heteroatoms. The fourth-order valence-corrected chi connectivity index (χ4v) is 4.36. The van der Waals surface area contributed by atoms with E-state index in [-0.39, 0.29) is 24.1 Å². The number of hydrogen-bond donors (Lipinski definition) is 1. The summed E-state index contributed by atoms with van der Waals surface area (Å²) in [6, 6.07) is 12.7. The van der Waals surface area contributed by atoms with Crippen LogP contribution in [0.4, 0.5) is 0 Å². The molecule has 0 aliphatic carbocycles. The molecule has 0 aliphatic rings. The van der Waals surface area contributed by atoms with Gasteiger partial charge < -0.3 is 10.2 Å². The first-order chi connectivity index (χ1) is 13.8. The Morgan fingerprint density at radius 2 is 1.76 bits per heavy atom. The van der Waals surface area contributed by atoms with Crippen LogP contribution in [-0.2, 0) is 21.9 Å². The lowest BCUT2D eigenvalue weighted by Gasteiger charge is -2.29. The van der Waals surface area contributed by atoms with E-state index in [2.05, 4.69) is 24.4 Å². The lowest BCUT2D eigenvalue weighted by molar-refractivity contribution is -0.138. The Labute approximate surface area is 187 Å². The smallest absolute Gasteiger partial charge is 0.242 e. The molecule has 4 nitrogen and oxygen atoms in total. The van der Waals surface area contributed by atoms with Gasteiger partial charge in [-0.05, 0) is 44.0 Å². The number of nitrogens with one attached hydrogen (secondary N) is 1. The first kappa shape index (κ1) is 23.6. The van der Waals surface area contributed by atoms with Crippen molar-refractivity contribution in [3.05, 3.63) is 69.2 Å². The highest BCUT2D eigenvalue weighted by molar-refractivity contribution is 7.99. The maximum Gasteiger partial charge on any atom is 0.242 e. The number of aryl methyl sites for hydroxylation is 1. The van der Waals surface area contributed by atoms with E-state index in [0.29, 0.717) is 22.2 Å². The van der Waals surface area contributed by atoms with Gasteiger partial charge in [-0.25, -0.2) is 0 Å². The van der Waals surface area contributed by atoms with Gasteiger partial charge >= 0.3 is 0 Å². The summed E-state index contributed by atoms with van der Waals surface area (Å²) in [7, 11) is 0. The Balaban J connectivity index is 2.14. The number of nitrogens with zero attached hydrogens (tertiary/aromatic N) is 1. The second kappa shape index (κ2) is 11.5. The molecule has 2 aromatic carbocycles. The maximum atomic E-state index is 13.0. The summed E-state index contributed by atoms with van der Waals surface area (Å²) in [6.45, 7) is 6.31. The molecule has 0 saturated heterocycles. The van der Waals surface area contributed by atoms with Gasteiger partial charge in [-0.3, -0.25) is 9.59 Å². The van der Waals surface area contributed by atoms with Crippen molar-refractivity contribution in [1.82, 2.24) is 10.2 Å². The normalized spacial score (nSPS) is 11.8. The van der Waals surface area contributed by atoms with E-state index in [9.17, 15) is 9.59 Å². The zero-order valence-corrected chi connectivity index (χ0v) is 19.2. The molecule has 156 valence electrons. The lowest BCUT2D eigenvalue weighted by atomic mass is 10.1. The standard InChI is InChI=1S/C22H26Cl2N2O2S/c1-4-25-22(28)16(3)26(12-18-19(23)10-7-11-20(18)24)21(27)14-29-13-17-9-6-5-8-15(17)2/h5-11,16H,4,12-14H2,1-3H3,(H,25,28). The Morgan fingerprint density at radius 1 is 1.10 bits per heavy atom. The molecule has 29 heavy (non-hydrogen) atoms. The van der Waals surface area contributed by atoms with Crippen molar-refractivity contribution in [2.24, 2.45) is 0 Å². The van der Waals surface area contributed by atoms with Gasteiger partial charge in [-0.15, -0.1) is 11.8 Å². The van der Waals surface area contributed by atoms with E-state index in [4.69, 9.17) is 23.2 Å². The highest BCUT2D eigenvalue weighted by atomic mass is 35.5. The summed E-state index contributed by atoms with van der Waals surface area (Å²) in [5.74, 6) is 0.667. The molecule has 0 fully saturated rings. The summed E-state index contributed by atoms with van der Waals surface area (Å²) >= 11 is 14.1. The molecule has 2 amide bonds. The van der Waals surface area contributed by atoms with Gasteiger partial charge in [0.05, 0.1) is 5.75 Å². The minimum absolute atomic E-state index is 0.127. The topological polar surface area (TPSA) is 49.4 Å². The first-order valence-corrected chi connectivity index (χ1v) is 11.4. The van der Waals surface area contributed by atoms with Crippen molar-refractivity contribution in [1.29, 1.82) is 0 Å². The second-order valence-electron chi connectivity index (χ2n) is 6.71. The van der Waals surface area contributed by atoms with Crippen LogP contribution < -0.4 is 5.32 Å². The number of amides is 2. The quantitative estimate of drug-likeness (QED) is 0.576. The van der Waals surface area contributed by atoms with Crippen LogP contribution in [0.25, 0.3) is 0 Å². The molecule has 0 bridgehead atoms. The molecule has 0 heterocycles. The zero-order valence-electron chi connectivity index (χ0n) is 16.9. The van der Waals surface area contributed by atoms with Gasteiger partial charge in [-0.1, -0.05) is 53.5 Å². The number of carbonyl (C=O) groups excluding carboxylic acids is 2. The number of hydrogen-bond acceptors (Lipinski definition) is 3. The van der Waals surface area contributed by atoms with Crippen LogP contribution in [0.3, 0.4) is 0 Å². The van der Waals surface area contributed by atoms with E-state index in [0.717, 1.165) is 5.75 Å². The van der Waals surface area contributed by atoms with E-state index in [1.54, 1.807) is 30.0 Å². The summed E-state index contributed by atoms with van der Waals surface area (Å²) < 4.78 is 0. The predicted octanol–water partition coefficient (Wildman–Crippen LogP) is 5.09. The third kappa shape index (κ3) is 6.66. The molecule has 0 aliphatic heterocycles. The minimum atomic E-state index is -0.631. The second-order valence-corrected chi connectivity index (χ2v) is 8.51. The highest BCUT2D eigenvalue weighted by Crippen LogP contribution is 2.27. The first-order valence-electron chi connectivity index (χ1n) is 9.47. The Bertz CT molecular complexity index is 840. The average molecular weight is 453 g/mol. The zero-order chi connectivity index (χ0) is 21.4. The maximum absolute atomic E-state index is 13.0. The molecule has 0 saturated carbocycles. The van der Waals surface area contributed by atoms with Gasteiger partial charge in [-0.2, -0.15) is 0 Å². The molecule has 0 spiro atoms. The predicted molar refractivity (Wildman–Crippen MR) is 122 cm³/mol. The van der Waals surface area contributed by atoms with Crippen LogP contribution in [0.2, 0.25) is 10.0 Å². The fourth-order valence-electron chi connectivity index (χ4n) is 2.86. The third-order valence-corrected chi connectivity index (χ3v) is 6.33. The summed E-state index contributed by atoms with van der Waals surface area (Å²) in [5.41, 5.74) is 3.04. The molecule has 1 N–H and O–H groups in total. The molecule has 1 atom stereocenters. The number of rotatable bonds is 9. The van der Waals surface area contributed by atoms with E-state index in [1.807, 2.05) is 19.1 Å². The van der Waals surface area contributed by atoms with Crippen LogP contribution in [0.5, 0.6) is 0 Å². The van der Waals surface area contributed by atoms with Gasteiger partial charge in [0.1, 0.15) is 6.04 Å². The van der Waals surface area contributed by atoms with Crippen LogP contribution in [0, 0.1) is 6.92 Å². The van der Waals surface area contributed by atoms with Crippen molar-refractivity contribution in [2.45, 2.75) is 39.1 Å². The van der Waals surface area contributed by atoms with Gasteiger partial charge in [0.2, 0.25) is 11.8 Å². The molecular formula is C22H26Cl2N2O2S. The number of carbonyl (C=O) groups is 2. The summed E-state index contributed by atoms with van der Waals surface area (Å²) in [5, 5.41) is 3.73.